The summed E-state index contributed by atoms with van der Waals surface area (Å²) >= 11 is 0. The maximum atomic E-state index is 12.4. The third kappa shape index (κ3) is 4.83. The molecule has 1 aromatic heterocycles. The van der Waals surface area contributed by atoms with Crippen LogP contribution >= 0.6 is 0 Å². The SMILES string of the molecule is COc1cccc(CCNC(=O)c2ccnc(Nc3ccccc3)c2)c1. The molecule has 0 atom stereocenters. The number of rotatable bonds is 7. The zero-order valence-electron chi connectivity index (χ0n) is 14.6. The van der Waals surface area contributed by atoms with Crippen molar-refractivity contribution in [2.24, 2.45) is 0 Å². The predicted octanol–water partition coefficient (Wildman–Crippen LogP) is 3.81. The molecule has 0 aliphatic carbocycles. The van der Waals surface area contributed by atoms with E-state index in [4.69, 9.17) is 4.74 Å². The van der Waals surface area contributed by atoms with E-state index in [1.54, 1.807) is 25.4 Å². The van der Waals surface area contributed by atoms with Gasteiger partial charge in [0.2, 0.25) is 0 Å². The Kier molecular flexibility index (Phi) is 5.83. The van der Waals surface area contributed by atoms with Crippen molar-refractivity contribution in [1.29, 1.82) is 0 Å². The van der Waals surface area contributed by atoms with Crippen LogP contribution in [0.25, 0.3) is 0 Å². The van der Waals surface area contributed by atoms with Crippen LogP contribution in [0.1, 0.15) is 15.9 Å². The molecule has 0 saturated heterocycles. The van der Waals surface area contributed by atoms with Crippen LogP contribution in [0.4, 0.5) is 11.5 Å². The second-order valence-corrected chi connectivity index (χ2v) is 5.78. The lowest BCUT2D eigenvalue weighted by molar-refractivity contribution is 0.0954. The van der Waals surface area contributed by atoms with E-state index in [0.29, 0.717) is 17.9 Å². The lowest BCUT2D eigenvalue weighted by Crippen LogP contribution is -2.25. The molecular formula is C21H21N3O2. The van der Waals surface area contributed by atoms with Gasteiger partial charge in [0.15, 0.2) is 0 Å². The Labute approximate surface area is 153 Å². The topological polar surface area (TPSA) is 63.2 Å². The molecule has 2 aromatic carbocycles. The fraction of sp³-hybridized carbons (Fsp3) is 0.143. The van der Waals surface area contributed by atoms with Crippen LogP contribution in [-0.4, -0.2) is 24.5 Å². The monoisotopic (exact) mass is 347 g/mol. The summed E-state index contributed by atoms with van der Waals surface area (Å²) in [6, 6.07) is 21.0. The van der Waals surface area contributed by atoms with Gasteiger partial charge in [-0.25, -0.2) is 4.98 Å². The van der Waals surface area contributed by atoms with Crippen molar-refractivity contribution in [3.05, 3.63) is 84.1 Å². The number of nitrogens with zero attached hydrogens (tertiary/aromatic N) is 1. The highest BCUT2D eigenvalue weighted by molar-refractivity contribution is 5.94. The average Bonchev–Trinajstić information content (AvgIpc) is 2.69. The van der Waals surface area contributed by atoms with E-state index in [-0.39, 0.29) is 5.91 Å². The van der Waals surface area contributed by atoms with Gasteiger partial charge < -0.3 is 15.4 Å². The van der Waals surface area contributed by atoms with Gasteiger partial charge in [-0.2, -0.15) is 0 Å². The number of hydrogen-bond acceptors (Lipinski definition) is 4. The van der Waals surface area contributed by atoms with E-state index in [0.717, 1.165) is 23.4 Å². The van der Waals surface area contributed by atoms with Gasteiger partial charge >= 0.3 is 0 Å². The molecule has 5 heteroatoms. The summed E-state index contributed by atoms with van der Waals surface area (Å²) in [6.07, 6.45) is 2.37. The Balaban J connectivity index is 1.56. The number of ether oxygens (including phenoxy) is 1. The third-order valence-corrected chi connectivity index (χ3v) is 3.90. The van der Waals surface area contributed by atoms with Crippen LogP contribution in [0.5, 0.6) is 5.75 Å². The van der Waals surface area contributed by atoms with Crippen LogP contribution in [-0.2, 0) is 6.42 Å². The largest absolute Gasteiger partial charge is 0.497 e. The molecule has 26 heavy (non-hydrogen) atoms. The molecule has 1 heterocycles. The van der Waals surface area contributed by atoms with Gasteiger partial charge in [0, 0.05) is 24.0 Å². The molecule has 0 spiro atoms. The minimum Gasteiger partial charge on any atom is -0.497 e. The summed E-state index contributed by atoms with van der Waals surface area (Å²) in [6.45, 7) is 0.551. The Morgan fingerprint density at radius 3 is 2.69 bits per heavy atom. The number of hydrogen-bond donors (Lipinski definition) is 2. The molecule has 0 aliphatic heterocycles. The van der Waals surface area contributed by atoms with Crippen LogP contribution in [0.2, 0.25) is 0 Å². The van der Waals surface area contributed by atoms with Gasteiger partial charge in [-0.05, 0) is 48.4 Å². The number of nitrogens with one attached hydrogen (secondary N) is 2. The fourth-order valence-electron chi connectivity index (χ4n) is 2.56. The maximum absolute atomic E-state index is 12.4. The molecule has 2 N–H and O–H groups in total. The molecule has 0 fully saturated rings. The first kappa shape index (κ1) is 17.5. The van der Waals surface area contributed by atoms with Crippen molar-refractivity contribution in [1.82, 2.24) is 10.3 Å². The summed E-state index contributed by atoms with van der Waals surface area (Å²) in [4.78, 5) is 16.6. The smallest absolute Gasteiger partial charge is 0.251 e. The van der Waals surface area contributed by atoms with Crippen molar-refractivity contribution in [3.8, 4) is 5.75 Å². The molecular weight excluding hydrogens is 326 g/mol. The van der Waals surface area contributed by atoms with Crippen molar-refractivity contribution < 1.29 is 9.53 Å². The Morgan fingerprint density at radius 1 is 1.04 bits per heavy atom. The first-order valence-corrected chi connectivity index (χ1v) is 8.44. The van der Waals surface area contributed by atoms with Crippen molar-refractivity contribution in [2.75, 3.05) is 19.0 Å². The number of carbonyl (C=O) groups excluding carboxylic acids is 1. The Hall–Kier alpha value is -3.34. The van der Waals surface area contributed by atoms with E-state index in [9.17, 15) is 4.79 Å². The molecule has 5 nitrogen and oxygen atoms in total. The summed E-state index contributed by atoms with van der Waals surface area (Å²) in [5.41, 5.74) is 2.62. The van der Waals surface area contributed by atoms with E-state index in [1.807, 2.05) is 54.6 Å². The molecule has 0 radical (unpaired) electrons. The number of aromatic nitrogens is 1. The summed E-state index contributed by atoms with van der Waals surface area (Å²) < 4.78 is 5.21. The Morgan fingerprint density at radius 2 is 1.88 bits per heavy atom. The van der Waals surface area contributed by atoms with Gasteiger partial charge in [-0.15, -0.1) is 0 Å². The highest BCUT2D eigenvalue weighted by Gasteiger charge is 2.07. The molecule has 0 saturated carbocycles. The summed E-state index contributed by atoms with van der Waals surface area (Å²) in [5.74, 6) is 1.34. The van der Waals surface area contributed by atoms with Gasteiger partial charge in [0.1, 0.15) is 11.6 Å². The number of pyridine rings is 1. The van der Waals surface area contributed by atoms with E-state index in [2.05, 4.69) is 15.6 Å². The second-order valence-electron chi connectivity index (χ2n) is 5.78. The van der Waals surface area contributed by atoms with Gasteiger partial charge in [-0.3, -0.25) is 4.79 Å². The van der Waals surface area contributed by atoms with Crippen molar-refractivity contribution in [3.63, 3.8) is 0 Å². The number of amides is 1. The zero-order valence-corrected chi connectivity index (χ0v) is 14.6. The van der Waals surface area contributed by atoms with Crippen molar-refractivity contribution in [2.45, 2.75) is 6.42 Å². The molecule has 0 bridgehead atoms. The van der Waals surface area contributed by atoms with Crippen LogP contribution in [0, 0.1) is 0 Å². The number of methoxy groups -OCH3 is 1. The Bertz CT molecular complexity index is 866. The zero-order chi connectivity index (χ0) is 18.2. The first-order chi connectivity index (χ1) is 12.7. The lowest BCUT2D eigenvalue weighted by Gasteiger charge is -2.09. The van der Waals surface area contributed by atoms with Crippen LogP contribution in [0.3, 0.4) is 0 Å². The fourth-order valence-corrected chi connectivity index (χ4v) is 2.56. The average molecular weight is 347 g/mol. The van der Waals surface area contributed by atoms with E-state index < -0.39 is 0 Å². The molecule has 0 aliphatic rings. The normalized spacial score (nSPS) is 10.2. The number of anilines is 2. The number of carbonyl (C=O) groups is 1. The van der Waals surface area contributed by atoms with E-state index in [1.165, 1.54) is 0 Å². The summed E-state index contributed by atoms with van der Waals surface area (Å²) in [5, 5.41) is 6.13. The first-order valence-electron chi connectivity index (χ1n) is 8.44. The molecule has 3 aromatic rings. The summed E-state index contributed by atoms with van der Waals surface area (Å²) in [7, 11) is 1.64. The minimum absolute atomic E-state index is 0.119. The van der Waals surface area contributed by atoms with Gasteiger partial charge in [-0.1, -0.05) is 30.3 Å². The molecule has 1 amide bonds. The standard InChI is InChI=1S/C21H21N3O2/c1-26-19-9-5-6-16(14-19)10-12-23-21(25)17-11-13-22-20(15-17)24-18-7-3-2-4-8-18/h2-9,11,13-15H,10,12H2,1H3,(H,22,24)(H,23,25). The van der Waals surface area contributed by atoms with Crippen LogP contribution < -0.4 is 15.4 Å². The minimum atomic E-state index is -0.119. The predicted molar refractivity (Wildman–Crippen MR) is 103 cm³/mol. The number of benzene rings is 2. The van der Waals surface area contributed by atoms with Gasteiger partial charge in [0.25, 0.3) is 5.91 Å². The van der Waals surface area contributed by atoms with E-state index >= 15 is 0 Å². The van der Waals surface area contributed by atoms with Crippen molar-refractivity contribution >= 4 is 17.4 Å². The highest BCUT2D eigenvalue weighted by atomic mass is 16.5. The van der Waals surface area contributed by atoms with Gasteiger partial charge in [0.05, 0.1) is 7.11 Å². The molecule has 132 valence electrons. The maximum Gasteiger partial charge on any atom is 0.251 e. The molecule has 3 rings (SSSR count). The second kappa shape index (κ2) is 8.67. The van der Waals surface area contributed by atoms with Crippen LogP contribution in [0.15, 0.2) is 72.9 Å². The lowest BCUT2D eigenvalue weighted by atomic mass is 10.1. The third-order valence-electron chi connectivity index (χ3n) is 3.90. The quantitative estimate of drug-likeness (QED) is 0.682. The number of para-hydroxylation sites is 1. The molecule has 0 unspecified atom stereocenters. The highest BCUT2D eigenvalue weighted by Crippen LogP contribution is 2.15.